The molecule has 0 fully saturated rings. The van der Waals surface area contributed by atoms with Crippen molar-refractivity contribution < 1.29 is 0 Å². The van der Waals surface area contributed by atoms with Gasteiger partial charge in [0.25, 0.3) is 0 Å². The van der Waals surface area contributed by atoms with Gasteiger partial charge in [-0.1, -0.05) is 0 Å². The standard InChI is InChI=1S/C26H37I/c1-8-19(3)21-10-12-22(13-11-21)23-14-16-26(7)18-27(20(4)9-2)17-15-24(26)25(23,5)6/h10-15,20H,3,8-9,16-18H2,1-2,4-7H3/t20-,26-/m1/s1. The molecule has 1 aromatic carbocycles. The Hall–Kier alpha value is -0.830. The van der Waals surface area contributed by atoms with Gasteiger partial charge >= 0.3 is 175 Å². The maximum atomic E-state index is 4.19. The first-order valence-electron chi connectivity index (χ1n) is 10.5. The Morgan fingerprint density at radius 1 is 1.11 bits per heavy atom. The van der Waals surface area contributed by atoms with Crippen LogP contribution in [0, 0.1) is 10.8 Å². The number of benzene rings is 1. The zero-order valence-corrected chi connectivity index (χ0v) is 20.3. The molecule has 1 aliphatic carbocycles. The summed E-state index contributed by atoms with van der Waals surface area (Å²) in [5, 5.41) is 0. The van der Waals surface area contributed by atoms with E-state index in [1.54, 1.807) is 5.57 Å². The Balaban J connectivity index is 1.92. The zero-order chi connectivity index (χ0) is 19.8. The van der Waals surface area contributed by atoms with Crippen LogP contribution in [0.25, 0.3) is 11.1 Å². The van der Waals surface area contributed by atoms with Gasteiger partial charge in [-0.15, -0.1) is 0 Å². The Labute approximate surface area is 174 Å². The number of rotatable bonds is 5. The summed E-state index contributed by atoms with van der Waals surface area (Å²) in [5.41, 5.74) is 7.66. The molecule has 1 heterocycles. The number of fused-ring (bicyclic) bond motifs is 1. The first-order chi connectivity index (χ1) is 12.7. The van der Waals surface area contributed by atoms with Crippen molar-refractivity contribution in [3.8, 4) is 0 Å². The van der Waals surface area contributed by atoms with Crippen LogP contribution in [0.2, 0.25) is 0 Å². The SMILES string of the molecule is C=C(CC)c1ccc(C2=CC[C@]3(C)CI([C@H](C)CC)CC=C3C2(C)C)cc1. The van der Waals surface area contributed by atoms with Crippen LogP contribution in [-0.2, 0) is 0 Å². The van der Waals surface area contributed by atoms with Crippen molar-refractivity contribution in [2.45, 2.75) is 64.7 Å². The van der Waals surface area contributed by atoms with Gasteiger partial charge in [0, 0.05) is 0 Å². The van der Waals surface area contributed by atoms with Crippen molar-refractivity contribution in [3.05, 3.63) is 59.7 Å². The molecule has 148 valence electrons. The van der Waals surface area contributed by atoms with Crippen LogP contribution in [0.3, 0.4) is 0 Å². The molecule has 0 saturated heterocycles. The average molecular weight is 476 g/mol. The molecule has 0 amide bonds. The van der Waals surface area contributed by atoms with Crippen molar-refractivity contribution in [2.24, 2.45) is 10.8 Å². The second-order valence-corrected chi connectivity index (χ2v) is 15.7. The van der Waals surface area contributed by atoms with Crippen molar-refractivity contribution in [3.63, 3.8) is 0 Å². The number of hydrogen-bond acceptors (Lipinski definition) is 0. The van der Waals surface area contributed by atoms with Gasteiger partial charge in [0.2, 0.25) is 0 Å². The Kier molecular flexibility index (Phi) is 6.11. The molecule has 0 spiro atoms. The Bertz CT molecular complexity index is 762. The maximum absolute atomic E-state index is 4.19. The van der Waals surface area contributed by atoms with Crippen LogP contribution < -0.4 is 0 Å². The summed E-state index contributed by atoms with van der Waals surface area (Å²) in [6.07, 6.45) is 8.84. The van der Waals surface area contributed by atoms with Gasteiger partial charge in [-0.05, 0) is 0 Å². The van der Waals surface area contributed by atoms with Crippen LogP contribution in [0.1, 0.15) is 71.9 Å². The van der Waals surface area contributed by atoms with Gasteiger partial charge < -0.3 is 0 Å². The molecule has 1 aliphatic heterocycles. The fourth-order valence-electron chi connectivity index (χ4n) is 4.90. The first kappa shape index (κ1) is 20.9. The molecular formula is C26H37I. The van der Waals surface area contributed by atoms with Gasteiger partial charge in [0.05, 0.1) is 0 Å². The molecule has 0 radical (unpaired) electrons. The molecule has 2 aliphatic rings. The van der Waals surface area contributed by atoms with E-state index >= 15 is 0 Å². The summed E-state index contributed by atoms with van der Waals surface area (Å²) >= 11 is -0.864. The minimum atomic E-state index is -0.864. The fourth-order valence-corrected chi connectivity index (χ4v) is 12.0. The molecular weight excluding hydrogens is 439 g/mol. The summed E-state index contributed by atoms with van der Waals surface area (Å²) in [6.45, 7) is 18.7. The molecule has 0 nitrogen and oxygen atoms in total. The molecule has 0 aromatic heterocycles. The van der Waals surface area contributed by atoms with E-state index in [-0.39, 0.29) is 5.41 Å². The number of alkyl halides is 3. The number of allylic oxidation sites excluding steroid dienone is 5. The van der Waals surface area contributed by atoms with E-state index in [2.05, 4.69) is 84.5 Å². The molecule has 0 unspecified atom stereocenters. The second-order valence-electron chi connectivity index (χ2n) is 9.13. The molecule has 0 N–H and O–H groups in total. The quantitative estimate of drug-likeness (QED) is 0.228. The number of hydrogen-bond donors (Lipinski definition) is 0. The summed E-state index contributed by atoms with van der Waals surface area (Å²) in [6, 6.07) is 9.14. The number of halogens is 1. The molecule has 27 heavy (non-hydrogen) atoms. The summed E-state index contributed by atoms with van der Waals surface area (Å²) < 4.78 is 3.90. The fraction of sp³-hybridized carbons (Fsp3) is 0.538. The monoisotopic (exact) mass is 476 g/mol. The molecule has 0 saturated carbocycles. The van der Waals surface area contributed by atoms with E-state index in [1.165, 1.54) is 44.0 Å². The molecule has 3 rings (SSSR count). The van der Waals surface area contributed by atoms with E-state index < -0.39 is 19.8 Å². The van der Waals surface area contributed by atoms with Crippen molar-refractivity contribution in [1.29, 1.82) is 0 Å². The Morgan fingerprint density at radius 3 is 2.37 bits per heavy atom. The average Bonchev–Trinajstić information content (AvgIpc) is 2.66. The van der Waals surface area contributed by atoms with E-state index in [0.717, 1.165) is 10.3 Å². The van der Waals surface area contributed by atoms with E-state index in [1.807, 2.05) is 0 Å². The third-order valence-corrected chi connectivity index (χ3v) is 14.9. The normalized spacial score (nSPS) is 26.7. The van der Waals surface area contributed by atoms with Crippen LogP contribution in [-0.4, -0.2) is 12.8 Å². The first-order valence-corrected chi connectivity index (χ1v) is 14.8. The summed E-state index contributed by atoms with van der Waals surface area (Å²) in [4.78, 5) is 0. The van der Waals surface area contributed by atoms with Crippen LogP contribution in [0.15, 0.2) is 48.6 Å². The molecule has 1 aromatic rings. The van der Waals surface area contributed by atoms with Crippen molar-refractivity contribution in [2.75, 3.05) is 8.86 Å². The Morgan fingerprint density at radius 2 is 1.78 bits per heavy atom. The van der Waals surface area contributed by atoms with Gasteiger partial charge in [-0.3, -0.25) is 0 Å². The van der Waals surface area contributed by atoms with E-state index in [9.17, 15) is 0 Å². The zero-order valence-electron chi connectivity index (χ0n) is 18.2. The van der Waals surface area contributed by atoms with Gasteiger partial charge in [0.1, 0.15) is 0 Å². The predicted octanol–water partition coefficient (Wildman–Crippen LogP) is 8.17. The van der Waals surface area contributed by atoms with Crippen LogP contribution >= 0.6 is 19.8 Å². The predicted molar refractivity (Wildman–Crippen MR) is 132 cm³/mol. The summed E-state index contributed by atoms with van der Waals surface area (Å²) in [5.74, 6) is 0. The third-order valence-electron chi connectivity index (χ3n) is 6.82. The second kappa shape index (κ2) is 7.89. The summed E-state index contributed by atoms with van der Waals surface area (Å²) in [7, 11) is 0. The third kappa shape index (κ3) is 3.86. The molecule has 2 atom stereocenters. The van der Waals surface area contributed by atoms with Crippen molar-refractivity contribution in [1.82, 2.24) is 0 Å². The van der Waals surface area contributed by atoms with E-state index in [4.69, 9.17) is 0 Å². The molecule has 1 heteroatoms. The van der Waals surface area contributed by atoms with Gasteiger partial charge in [-0.2, -0.15) is 0 Å². The topological polar surface area (TPSA) is 0 Å². The van der Waals surface area contributed by atoms with Gasteiger partial charge in [0.15, 0.2) is 0 Å². The van der Waals surface area contributed by atoms with Crippen LogP contribution in [0.5, 0.6) is 0 Å². The minimum absolute atomic E-state index is 0.133. The van der Waals surface area contributed by atoms with Crippen molar-refractivity contribution >= 4 is 31.0 Å². The van der Waals surface area contributed by atoms with Gasteiger partial charge in [-0.25, -0.2) is 0 Å². The van der Waals surface area contributed by atoms with Crippen LogP contribution in [0.4, 0.5) is 0 Å². The molecule has 0 bridgehead atoms. The van der Waals surface area contributed by atoms with E-state index in [0.29, 0.717) is 5.41 Å².